The SMILES string of the molecule is O=C(N[C@H](Cc1ccc2ccccc2c1)C(=O)O)[C@@H]1CCCO1. The zero-order chi connectivity index (χ0) is 16.2. The fraction of sp³-hybridized carbons (Fsp3) is 0.333. The maximum Gasteiger partial charge on any atom is 0.326 e. The lowest BCUT2D eigenvalue weighted by Gasteiger charge is -2.17. The van der Waals surface area contributed by atoms with Gasteiger partial charge >= 0.3 is 5.97 Å². The van der Waals surface area contributed by atoms with Gasteiger partial charge in [-0.05, 0) is 29.2 Å². The molecule has 2 aromatic carbocycles. The number of aliphatic carboxylic acids is 1. The number of benzene rings is 2. The van der Waals surface area contributed by atoms with Gasteiger partial charge in [-0.1, -0.05) is 42.5 Å². The molecule has 120 valence electrons. The molecule has 2 N–H and O–H groups in total. The summed E-state index contributed by atoms with van der Waals surface area (Å²) in [5, 5.41) is 14.1. The summed E-state index contributed by atoms with van der Waals surface area (Å²) in [5.41, 5.74) is 0.878. The highest BCUT2D eigenvalue weighted by atomic mass is 16.5. The Hall–Kier alpha value is -2.40. The van der Waals surface area contributed by atoms with Crippen LogP contribution in [0.3, 0.4) is 0 Å². The van der Waals surface area contributed by atoms with Crippen LogP contribution in [0.2, 0.25) is 0 Å². The monoisotopic (exact) mass is 313 g/mol. The fourth-order valence-corrected chi connectivity index (χ4v) is 2.85. The number of fused-ring (bicyclic) bond motifs is 1. The largest absolute Gasteiger partial charge is 0.480 e. The number of carboxylic acids is 1. The maximum atomic E-state index is 12.1. The van der Waals surface area contributed by atoms with Gasteiger partial charge in [0.15, 0.2) is 0 Å². The highest BCUT2D eigenvalue weighted by Gasteiger charge is 2.28. The Bertz CT molecular complexity index is 722. The summed E-state index contributed by atoms with van der Waals surface area (Å²) in [4.78, 5) is 23.5. The molecule has 0 saturated carbocycles. The van der Waals surface area contributed by atoms with Gasteiger partial charge in [-0.25, -0.2) is 4.79 Å². The van der Waals surface area contributed by atoms with Gasteiger partial charge in [-0.3, -0.25) is 4.79 Å². The van der Waals surface area contributed by atoms with Gasteiger partial charge in [-0.15, -0.1) is 0 Å². The van der Waals surface area contributed by atoms with Crippen LogP contribution in [0.1, 0.15) is 18.4 Å². The van der Waals surface area contributed by atoms with E-state index in [0.29, 0.717) is 13.0 Å². The maximum absolute atomic E-state index is 12.1. The van der Waals surface area contributed by atoms with Gasteiger partial charge in [0, 0.05) is 13.0 Å². The van der Waals surface area contributed by atoms with Crippen molar-refractivity contribution in [3.63, 3.8) is 0 Å². The van der Waals surface area contributed by atoms with Crippen LogP contribution in [0.5, 0.6) is 0 Å². The minimum Gasteiger partial charge on any atom is -0.480 e. The number of amides is 1. The topological polar surface area (TPSA) is 75.6 Å². The second-order valence-electron chi connectivity index (χ2n) is 5.79. The van der Waals surface area contributed by atoms with Crippen molar-refractivity contribution in [2.24, 2.45) is 0 Å². The lowest BCUT2D eigenvalue weighted by atomic mass is 10.0. The number of ether oxygens (including phenoxy) is 1. The summed E-state index contributed by atoms with van der Waals surface area (Å²) in [6.45, 7) is 0.556. The number of carbonyl (C=O) groups excluding carboxylic acids is 1. The quantitative estimate of drug-likeness (QED) is 0.886. The molecular weight excluding hydrogens is 294 g/mol. The molecule has 0 unspecified atom stereocenters. The van der Waals surface area contributed by atoms with Crippen LogP contribution < -0.4 is 5.32 Å². The third kappa shape index (κ3) is 3.68. The molecule has 23 heavy (non-hydrogen) atoms. The molecule has 1 saturated heterocycles. The lowest BCUT2D eigenvalue weighted by molar-refractivity contribution is -0.143. The number of carboxylic acid groups (broad SMARTS) is 1. The third-order valence-corrected chi connectivity index (χ3v) is 4.09. The Morgan fingerprint density at radius 2 is 2.00 bits per heavy atom. The molecule has 1 aliphatic rings. The molecule has 0 spiro atoms. The van der Waals surface area contributed by atoms with Gasteiger partial charge in [0.25, 0.3) is 0 Å². The predicted octanol–water partition coefficient (Wildman–Crippen LogP) is 2.13. The third-order valence-electron chi connectivity index (χ3n) is 4.09. The first-order valence-corrected chi connectivity index (χ1v) is 7.76. The highest BCUT2D eigenvalue weighted by molar-refractivity contribution is 5.87. The summed E-state index contributed by atoms with van der Waals surface area (Å²) in [6.07, 6.45) is 1.21. The van der Waals surface area contributed by atoms with Crippen molar-refractivity contribution in [3.05, 3.63) is 48.0 Å². The molecule has 1 heterocycles. The summed E-state index contributed by atoms with van der Waals surface area (Å²) in [6, 6.07) is 12.8. The van der Waals surface area contributed by atoms with Crippen LogP contribution in [-0.2, 0) is 20.7 Å². The minimum atomic E-state index is -1.04. The zero-order valence-corrected chi connectivity index (χ0v) is 12.7. The van der Waals surface area contributed by atoms with E-state index in [-0.39, 0.29) is 12.3 Å². The van der Waals surface area contributed by atoms with Crippen LogP contribution in [0.25, 0.3) is 10.8 Å². The number of rotatable bonds is 5. The minimum absolute atomic E-state index is 0.249. The Morgan fingerprint density at radius 3 is 2.70 bits per heavy atom. The number of carbonyl (C=O) groups is 2. The molecule has 2 atom stereocenters. The molecule has 0 bridgehead atoms. The fourth-order valence-electron chi connectivity index (χ4n) is 2.85. The second-order valence-corrected chi connectivity index (χ2v) is 5.79. The van der Waals surface area contributed by atoms with Crippen molar-refractivity contribution in [1.29, 1.82) is 0 Å². The normalized spacial score (nSPS) is 18.7. The zero-order valence-electron chi connectivity index (χ0n) is 12.7. The summed E-state index contributed by atoms with van der Waals surface area (Å²) >= 11 is 0. The average molecular weight is 313 g/mol. The molecule has 5 nitrogen and oxygen atoms in total. The first kappa shape index (κ1) is 15.5. The molecule has 5 heteroatoms. The van der Waals surface area contributed by atoms with Crippen LogP contribution in [0.15, 0.2) is 42.5 Å². The molecule has 0 aromatic heterocycles. The van der Waals surface area contributed by atoms with E-state index in [1.807, 2.05) is 42.5 Å². The molecule has 1 fully saturated rings. The molecule has 2 aromatic rings. The molecule has 0 radical (unpaired) electrons. The smallest absolute Gasteiger partial charge is 0.326 e. The van der Waals surface area contributed by atoms with Gasteiger partial charge in [0.05, 0.1) is 0 Å². The molecule has 1 aliphatic heterocycles. The lowest BCUT2D eigenvalue weighted by Crippen LogP contribution is -2.46. The van der Waals surface area contributed by atoms with Gasteiger partial charge in [0.2, 0.25) is 5.91 Å². The summed E-state index contributed by atoms with van der Waals surface area (Å²) < 4.78 is 5.30. The molecule has 1 amide bonds. The van der Waals surface area contributed by atoms with Crippen LogP contribution >= 0.6 is 0 Å². The Balaban J connectivity index is 1.72. The van der Waals surface area contributed by atoms with Crippen molar-refractivity contribution in [2.45, 2.75) is 31.4 Å². The first-order valence-electron chi connectivity index (χ1n) is 7.76. The van der Waals surface area contributed by atoms with Crippen molar-refractivity contribution in [1.82, 2.24) is 5.32 Å². The van der Waals surface area contributed by atoms with Crippen LogP contribution in [0.4, 0.5) is 0 Å². The number of nitrogens with one attached hydrogen (secondary N) is 1. The van der Waals surface area contributed by atoms with E-state index < -0.39 is 18.1 Å². The average Bonchev–Trinajstić information content (AvgIpc) is 3.08. The predicted molar refractivity (Wildman–Crippen MR) is 86.2 cm³/mol. The molecular formula is C18H19NO4. The molecule has 0 aliphatic carbocycles. The van der Waals surface area contributed by atoms with Crippen molar-refractivity contribution < 1.29 is 19.4 Å². The summed E-state index contributed by atoms with van der Waals surface area (Å²) in [7, 11) is 0. The van der Waals surface area contributed by atoms with Gasteiger partial charge in [-0.2, -0.15) is 0 Å². The van der Waals surface area contributed by atoms with E-state index in [4.69, 9.17) is 4.74 Å². The number of hydrogen-bond donors (Lipinski definition) is 2. The summed E-state index contributed by atoms with van der Waals surface area (Å²) in [5.74, 6) is -1.37. The Labute approximate surface area is 134 Å². The van der Waals surface area contributed by atoms with Crippen molar-refractivity contribution >= 4 is 22.6 Å². The van der Waals surface area contributed by atoms with E-state index in [9.17, 15) is 14.7 Å². The van der Waals surface area contributed by atoms with E-state index in [0.717, 1.165) is 22.8 Å². The number of hydrogen-bond acceptors (Lipinski definition) is 3. The highest BCUT2D eigenvalue weighted by Crippen LogP contribution is 2.17. The first-order chi connectivity index (χ1) is 11.1. The van der Waals surface area contributed by atoms with E-state index >= 15 is 0 Å². The van der Waals surface area contributed by atoms with E-state index in [1.165, 1.54) is 0 Å². The van der Waals surface area contributed by atoms with Crippen LogP contribution in [0, 0.1) is 0 Å². The van der Waals surface area contributed by atoms with Gasteiger partial charge < -0.3 is 15.2 Å². The van der Waals surface area contributed by atoms with Crippen molar-refractivity contribution in [2.75, 3.05) is 6.61 Å². The molecule has 3 rings (SSSR count). The Kier molecular flexibility index (Phi) is 4.57. The Morgan fingerprint density at radius 1 is 1.22 bits per heavy atom. The standard InChI is InChI=1S/C18H19NO4/c20-17(16-6-3-9-23-16)19-15(18(21)22)11-12-7-8-13-4-1-2-5-14(13)10-12/h1-2,4-5,7-8,10,15-16H,3,6,9,11H2,(H,19,20)(H,21,22)/t15-,16+/m1/s1. The second kappa shape index (κ2) is 6.79. The van der Waals surface area contributed by atoms with Gasteiger partial charge in [0.1, 0.15) is 12.1 Å². The van der Waals surface area contributed by atoms with E-state index in [2.05, 4.69) is 5.32 Å². The van der Waals surface area contributed by atoms with E-state index in [1.54, 1.807) is 0 Å². The van der Waals surface area contributed by atoms with Crippen molar-refractivity contribution in [3.8, 4) is 0 Å². The van der Waals surface area contributed by atoms with Crippen LogP contribution in [-0.4, -0.2) is 35.7 Å².